The average molecular weight is 281 g/mol. The first-order valence-electron chi connectivity index (χ1n) is 6.30. The predicted molar refractivity (Wildman–Crippen MR) is 70.9 cm³/mol. The van der Waals surface area contributed by atoms with E-state index in [9.17, 15) is 13.2 Å². The number of aromatic nitrogens is 3. The fraction of sp³-hybridized carbons (Fsp3) is 0.500. The van der Waals surface area contributed by atoms with Gasteiger partial charge in [0.15, 0.2) is 15.3 Å². The summed E-state index contributed by atoms with van der Waals surface area (Å²) < 4.78 is 25.1. The van der Waals surface area contributed by atoms with Crippen molar-refractivity contribution in [2.45, 2.75) is 19.3 Å². The Morgan fingerprint density at radius 2 is 2.32 bits per heavy atom. The molecule has 0 aliphatic carbocycles. The molecule has 1 N–H and O–H groups in total. The lowest BCUT2D eigenvalue weighted by atomic mass is 10.0. The molecular formula is C12H15N3O3S. The standard InChI is InChI=1S/C12H15N3O3S/c16-10-3-4-15-11(13-14-12(15)7-10)6-9-2-1-5-19(17,18)8-9/h3-4,7,9,14H,1-2,5-6,8H2. The highest BCUT2D eigenvalue weighted by Gasteiger charge is 2.26. The highest BCUT2D eigenvalue weighted by atomic mass is 32.2. The molecule has 1 fully saturated rings. The molecule has 0 bridgehead atoms. The molecular weight excluding hydrogens is 266 g/mol. The number of sulfone groups is 1. The fourth-order valence-electron chi connectivity index (χ4n) is 2.65. The van der Waals surface area contributed by atoms with Gasteiger partial charge in [0.2, 0.25) is 0 Å². The molecule has 0 aromatic carbocycles. The third kappa shape index (κ3) is 2.56. The van der Waals surface area contributed by atoms with Crippen LogP contribution in [0, 0.1) is 5.92 Å². The summed E-state index contributed by atoms with van der Waals surface area (Å²) in [6.45, 7) is 0. The van der Waals surface area contributed by atoms with Crippen LogP contribution < -0.4 is 5.43 Å². The second kappa shape index (κ2) is 4.48. The van der Waals surface area contributed by atoms with Gasteiger partial charge in [-0.05, 0) is 18.8 Å². The number of aromatic amines is 1. The Balaban J connectivity index is 1.87. The molecule has 1 unspecified atom stereocenters. The summed E-state index contributed by atoms with van der Waals surface area (Å²) in [6.07, 6.45) is 3.93. The number of rotatable bonds is 2. The lowest BCUT2D eigenvalue weighted by molar-refractivity contribution is 0.474. The summed E-state index contributed by atoms with van der Waals surface area (Å²) in [5.74, 6) is 1.43. The molecule has 0 radical (unpaired) electrons. The average Bonchev–Trinajstić information content (AvgIpc) is 2.70. The van der Waals surface area contributed by atoms with Gasteiger partial charge in [0, 0.05) is 24.8 Å². The minimum atomic E-state index is -2.89. The maximum Gasteiger partial charge on any atom is 0.183 e. The normalized spacial score (nSPS) is 22.6. The van der Waals surface area contributed by atoms with Crippen molar-refractivity contribution in [2.24, 2.45) is 5.92 Å². The number of nitrogens with zero attached hydrogens (tertiary/aromatic N) is 2. The Bertz CT molecular complexity index is 760. The fourth-order valence-corrected chi connectivity index (χ4v) is 4.42. The molecule has 2 aromatic heterocycles. The molecule has 0 saturated carbocycles. The van der Waals surface area contributed by atoms with Gasteiger partial charge in [0.05, 0.1) is 11.5 Å². The first-order chi connectivity index (χ1) is 9.03. The van der Waals surface area contributed by atoms with Crippen molar-refractivity contribution in [3.05, 3.63) is 34.4 Å². The monoisotopic (exact) mass is 281 g/mol. The van der Waals surface area contributed by atoms with E-state index in [0.29, 0.717) is 17.8 Å². The molecule has 7 heteroatoms. The minimum Gasteiger partial charge on any atom is -0.290 e. The number of hydrogen-bond acceptors (Lipinski definition) is 4. The lowest BCUT2D eigenvalue weighted by Crippen LogP contribution is -2.27. The molecule has 0 amide bonds. The van der Waals surface area contributed by atoms with Crippen molar-refractivity contribution in [1.29, 1.82) is 0 Å². The number of nitrogens with one attached hydrogen (secondary N) is 1. The number of hydrogen-bond donors (Lipinski definition) is 1. The smallest absolute Gasteiger partial charge is 0.183 e. The second-order valence-corrected chi connectivity index (χ2v) is 7.31. The first-order valence-corrected chi connectivity index (χ1v) is 8.12. The summed E-state index contributed by atoms with van der Waals surface area (Å²) in [7, 11) is -2.89. The van der Waals surface area contributed by atoms with E-state index in [-0.39, 0.29) is 17.1 Å². The van der Waals surface area contributed by atoms with E-state index in [4.69, 9.17) is 0 Å². The van der Waals surface area contributed by atoms with Crippen LogP contribution >= 0.6 is 0 Å². The van der Waals surface area contributed by atoms with Gasteiger partial charge >= 0.3 is 0 Å². The summed E-state index contributed by atoms with van der Waals surface area (Å²) in [5, 5.41) is 6.99. The van der Waals surface area contributed by atoms with Crippen LogP contribution in [-0.2, 0) is 16.3 Å². The third-order valence-electron chi connectivity index (χ3n) is 3.53. The van der Waals surface area contributed by atoms with Crippen LogP contribution in [0.15, 0.2) is 23.1 Å². The Hall–Kier alpha value is -1.63. The highest BCUT2D eigenvalue weighted by Crippen LogP contribution is 2.21. The zero-order valence-electron chi connectivity index (χ0n) is 10.4. The van der Waals surface area contributed by atoms with E-state index in [1.54, 1.807) is 6.20 Å². The molecule has 3 heterocycles. The van der Waals surface area contributed by atoms with E-state index in [1.165, 1.54) is 12.1 Å². The Kier molecular flexibility index (Phi) is 2.93. The molecule has 19 heavy (non-hydrogen) atoms. The Morgan fingerprint density at radius 1 is 1.47 bits per heavy atom. The van der Waals surface area contributed by atoms with Crippen LogP contribution in [0.3, 0.4) is 0 Å². The first kappa shape index (κ1) is 12.4. The minimum absolute atomic E-state index is 0.0737. The molecule has 1 aliphatic heterocycles. The molecule has 1 saturated heterocycles. The van der Waals surface area contributed by atoms with Gasteiger partial charge in [0.25, 0.3) is 0 Å². The zero-order valence-corrected chi connectivity index (χ0v) is 11.2. The van der Waals surface area contributed by atoms with Crippen LogP contribution in [0.5, 0.6) is 0 Å². The van der Waals surface area contributed by atoms with Crippen molar-refractivity contribution >= 4 is 15.5 Å². The van der Waals surface area contributed by atoms with Gasteiger partial charge in [-0.2, -0.15) is 5.10 Å². The van der Waals surface area contributed by atoms with E-state index >= 15 is 0 Å². The summed E-state index contributed by atoms with van der Waals surface area (Å²) >= 11 is 0. The van der Waals surface area contributed by atoms with E-state index < -0.39 is 9.84 Å². The molecule has 6 nitrogen and oxygen atoms in total. The zero-order chi connectivity index (χ0) is 13.5. The molecule has 3 rings (SSSR count). The maximum atomic E-state index is 11.6. The SMILES string of the molecule is O=c1ccn2c(CC3CCCS(=O)(=O)C3)n[nH]c2c1. The van der Waals surface area contributed by atoms with Crippen LogP contribution in [0.1, 0.15) is 18.7 Å². The van der Waals surface area contributed by atoms with Gasteiger partial charge < -0.3 is 0 Å². The largest absolute Gasteiger partial charge is 0.290 e. The van der Waals surface area contributed by atoms with Gasteiger partial charge in [-0.3, -0.25) is 14.3 Å². The van der Waals surface area contributed by atoms with Crippen molar-refractivity contribution in [3.8, 4) is 0 Å². The van der Waals surface area contributed by atoms with Crippen LogP contribution in [0.4, 0.5) is 0 Å². The van der Waals surface area contributed by atoms with Crippen LogP contribution in [-0.4, -0.2) is 34.5 Å². The molecule has 1 aliphatic rings. The summed E-state index contributed by atoms with van der Waals surface area (Å²) in [5.41, 5.74) is 0.566. The van der Waals surface area contributed by atoms with Crippen molar-refractivity contribution in [3.63, 3.8) is 0 Å². The van der Waals surface area contributed by atoms with E-state index in [2.05, 4.69) is 10.2 Å². The third-order valence-corrected chi connectivity index (χ3v) is 5.42. The Labute approximate surface area is 110 Å². The van der Waals surface area contributed by atoms with Crippen LogP contribution in [0.25, 0.3) is 5.65 Å². The number of H-pyrrole nitrogens is 1. The van der Waals surface area contributed by atoms with Crippen molar-refractivity contribution in [1.82, 2.24) is 14.6 Å². The highest BCUT2D eigenvalue weighted by molar-refractivity contribution is 7.91. The molecule has 1 atom stereocenters. The van der Waals surface area contributed by atoms with Gasteiger partial charge in [-0.1, -0.05) is 0 Å². The number of pyridine rings is 1. The topological polar surface area (TPSA) is 84.3 Å². The number of fused-ring (bicyclic) bond motifs is 1. The quantitative estimate of drug-likeness (QED) is 0.863. The van der Waals surface area contributed by atoms with Crippen molar-refractivity contribution < 1.29 is 8.42 Å². The molecule has 102 valence electrons. The summed E-state index contributed by atoms with van der Waals surface area (Å²) in [4.78, 5) is 11.2. The van der Waals surface area contributed by atoms with Gasteiger partial charge in [-0.25, -0.2) is 8.42 Å². The second-order valence-electron chi connectivity index (χ2n) is 5.08. The lowest BCUT2D eigenvalue weighted by Gasteiger charge is -2.20. The van der Waals surface area contributed by atoms with Crippen molar-refractivity contribution in [2.75, 3.05) is 11.5 Å². The Morgan fingerprint density at radius 3 is 3.11 bits per heavy atom. The van der Waals surface area contributed by atoms with Gasteiger partial charge in [0.1, 0.15) is 11.5 Å². The molecule has 0 spiro atoms. The van der Waals surface area contributed by atoms with Gasteiger partial charge in [-0.15, -0.1) is 0 Å². The predicted octanol–water partition coefficient (Wildman–Crippen LogP) is 0.390. The maximum absolute atomic E-state index is 11.6. The molecule has 2 aromatic rings. The summed E-state index contributed by atoms with van der Waals surface area (Å²) in [6, 6.07) is 2.96. The van der Waals surface area contributed by atoms with E-state index in [0.717, 1.165) is 18.7 Å². The van der Waals surface area contributed by atoms with E-state index in [1.807, 2.05) is 4.40 Å². The van der Waals surface area contributed by atoms with Crippen LogP contribution in [0.2, 0.25) is 0 Å².